The van der Waals surface area contributed by atoms with Crippen LogP contribution in [0.3, 0.4) is 0 Å². The van der Waals surface area contributed by atoms with E-state index in [0.717, 1.165) is 17.1 Å². The Bertz CT molecular complexity index is 1230. The van der Waals surface area contributed by atoms with Gasteiger partial charge in [-0.2, -0.15) is 0 Å². The second-order valence-electron chi connectivity index (χ2n) is 7.82. The number of rotatable bonds is 10. The summed E-state index contributed by atoms with van der Waals surface area (Å²) >= 11 is 1.39. The van der Waals surface area contributed by atoms with E-state index in [1.54, 1.807) is 7.11 Å². The lowest BCUT2D eigenvalue weighted by Crippen LogP contribution is -2.25. The number of hydrogen-bond donors (Lipinski definition) is 1. The Morgan fingerprint density at radius 3 is 2.20 bits per heavy atom. The number of aromatic nitrogens is 3. The molecule has 3 aromatic carbocycles. The van der Waals surface area contributed by atoms with Gasteiger partial charge in [0, 0.05) is 11.4 Å². The second kappa shape index (κ2) is 11.6. The third kappa shape index (κ3) is 6.02. The van der Waals surface area contributed by atoms with Gasteiger partial charge in [0.15, 0.2) is 17.1 Å². The molecule has 4 aromatic rings. The van der Waals surface area contributed by atoms with Crippen LogP contribution in [0.5, 0.6) is 11.5 Å². The number of nitrogens with one attached hydrogen (secondary N) is 1. The molecule has 0 spiro atoms. The molecule has 2 unspecified atom stereocenters. The van der Waals surface area contributed by atoms with Gasteiger partial charge in [-0.25, -0.2) is 0 Å². The van der Waals surface area contributed by atoms with Crippen LogP contribution in [0, 0.1) is 0 Å². The first-order valence-corrected chi connectivity index (χ1v) is 12.3. The molecule has 180 valence electrons. The number of para-hydroxylation sites is 2. The molecule has 0 aliphatic heterocycles. The zero-order valence-electron chi connectivity index (χ0n) is 19.9. The van der Waals surface area contributed by atoms with Gasteiger partial charge in [0.1, 0.15) is 11.5 Å². The first-order chi connectivity index (χ1) is 17.1. The number of thioether (sulfide) groups is 1. The average molecular weight is 489 g/mol. The summed E-state index contributed by atoms with van der Waals surface area (Å²) in [6.45, 7) is 3.92. The molecule has 0 saturated heterocycles. The summed E-state index contributed by atoms with van der Waals surface area (Å²) in [5.41, 5.74) is 1.67. The molecule has 7 nitrogen and oxygen atoms in total. The van der Waals surface area contributed by atoms with Gasteiger partial charge >= 0.3 is 0 Å². The van der Waals surface area contributed by atoms with E-state index in [0.29, 0.717) is 23.2 Å². The van der Waals surface area contributed by atoms with Gasteiger partial charge in [-0.05, 0) is 61.9 Å². The van der Waals surface area contributed by atoms with E-state index in [1.165, 1.54) is 11.8 Å². The normalized spacial score (nSPS) is 12.5. The lowest BCUT2D eigenvalue weighted by Gasteiger charge is -2.18. The summed E-state index contributed by atoms with van der Waals surface area (Å²) in [7, 11) is 1.63. The van der Waals surface area contributed by atoms with Crippen LogP contribution < -0.4 is 14.8 Å². The van der Waals surface area contributed by atoms with Crippen molar-refractivity contribution in [2.75, 3.05) is 12.4 Å². The summed E-state index contributed by atoms with van der Waals surface area (Å²) in [5.74, 6) is 2.03. The van der Waals surface area contributed by atoms with Crippen molar-refractivity contribution in [2.24, 2.45) is 0 Å². The summed E-state index contributed by atoms with van der Waals surface area (Å²) in [5, 5.41) is 12.2. The van der Waals surface area contributed by atoms with Crippen molar-refractivity contribution in [3.05, 3.63) is 90.8 Å². The Kier molecular flexibility index (Phi) is 8.05. The van der Waals surface area contributed by atoms with E-state index in [4.69, 9.17) is 9.47 Å². The monoisotopic (exact) mass is 488 g/mol. The topological polar surface area (TPSA) is 78.3 Å². The third-order valence-corrected chi connectivity index (χ3v) is 6.67. The highest BCUT2D eigenvalue weighted by atomic mass is 32.2. The fourth-order valence-electron chi connectivity index (χ4n) is 3.55. The van der Waals surface area contributed by atoms with Gasteiger partial charge < -0.3 is 14.8 Å². The summed E-state index contributed by atoms with van der Waals surface area (Å²) in [4.78, 5) is 13.0. The van der Waals surface area contributed by atoms with E-state index in [1.807, 2.05) is 103 Å². The molecule has 0 radical (unpaired) electrons. The molecule has 35 heavy (non-hydrogen) atoms. The minimum atomic E-state index is -0.385. The quantitative estimate of drug-likeness (QED) is 0.279. The Balaban J connectivity index is 1.60. The largest absolute Gasteiger partial charge is 0.497 e. The number of hydrogen-bond acceptors (Lipinski definition) is 6. The molecular weight excluding hydrogens is 460 g/mol. The van der Waals surface area contributed by atoms with Crippen LogP contribution in [-0.2, 0) is 4.79 Å². The molecule has 2 atom stereocenters. The van der Waals surface area contributed by atoms with Crippen LogP contribution in [0.1, 0.15) is 32.2 Å². The van der Waals surface area contributed by atoms with Gasteiger partial charge in [-0.15, -0.1) is 10.2 Å². The highest BCUT2D eigenvalue weighted by Crippen LogP contribution is 2.31. The van der Waals surface area contributed by atoms with E-state index in [2.05, 4.69) is 15.5 Å². The third-order valence-electron chi connectivity index (χ3n) is 5.36. The molecule has 0 aliphatic carbocycles. The van der Waals surface area contributed by atoms with E-state index in [9.17, 15) is 4.79 Å². The predicted molar refractivity (Wildman–Crippen MR) is 138 cm³/mol. The first kappa shape index (κ1) is 24.3. The van der Waals surface area contributed by atoms with Crippen LogP contribution in [0.2, 0.25) is 0 Å². The van der Waals surface area contributed by atoms with Crippen LogP contribution in [0.25, 0.3) is 5.69 Å². The number of nitrogens with zero attached hydrogens (tertiary/aromatic N) is 3. The Morgan fingerprint density at radius 2 is 1.57 bits per heavy atom. The van der Waals surface area contributed by atoms with Crippen molar-refractivity contribution in [1.82, 2.24) is 14.8 Å². The highest BCUT2D eigenvalue weighted by molar-refractivity contribution is 8.00. The Morgan fingerprint density at radius 1 is 0.943 bits per heavy atom. The van der Waals surface area contributed by atoms with Gasteiger partial charge in [-0.1, -0.05) is 55.1 Å². The van der Waals surface area contributed by atoms with Crippen LogP contribution >= 0.6 is 11.8 Å². The molecule has 1 aromatic heterocycles. The van der Waals surface area contributed by atoms with Crippen molar-refractivity contribution in [3.63, 3.8) is 0 Å². The zero-order valence-corrected chi connectivity index (χ0v) is 20.7. The SMILES string of the molecule is CCC(Sc1nnc(C(C)Oc2ccc(OC)cc2)n1-c1ccccc1)C(=O)Nc1ccccc1. The molecule has 0 bridgehead atoms. The Labute approximate surface area is 209 Å². The summed E-state index contributed by atoms with van der Waals surface area (Å²) < 4.78 is 13.3. The highest BCUT2D eigenvalue weighted by Gasteiger charge is 2.26. The summed E-state index contributed by atoms with van der Waals surface area (Å²) in [6.07, 6.45) is 0.252. The van der Waals surface area contributed by atoms with Gasteiger partial charge in [0.25, 0.3) is 0 Å². The fraction of sp³-hybridized carbons (Fsp3) is 0.222. The predicted octanol–water partition coefficient (Wildman–Crippen LogP) is 5.93. The number of ether oxygens (including phenoxy) is 2. The van der Waals surface area contributed by atoms with Crippen molar-refractivity contribution in [1.29, 1.82) is 0 Å². The molecular formula is C27H28N4O3S. The van der Waals surface area contributed by atoms with Crippen LogP contribution in [-0.4, -0.2) is 33.0 Å². The van der Waals surface area contributed by atoms with E-state index < -0.39 is 0 Å². The lowest BCUT2D eigenvalue weighted by molar-refractivity contribution is -0.115. The molecule has 8 heteroatoms. The number of benzene rings is 3. The summed E-state index contributed by atoms with van der Waals surface area (Å²) in [6, 6.07) is 26.7. The minimum absolute atomic E-state index is 0.0737. The van der Waals surface area contributed by atoms with Crippen LogP contribution in [0.4, 0.5) is 5.69 Å². The Hall–Kier alpha value is -3.78. The fourth-order valence-corrected chi connectivity index (χ4v) is 4.52. The van der Waals surface area contributed by atoms with Gasteiger partial charge in [0.2, 0.25) is 5.91 Å². The lowest BCUT2D eigenvalue weighted by atomic mass is 10.3. The molecule has 1 N–H and O–H groups in total. The second-order valence-corrected chi connectivity index (χ2v) is 8.99. The first-order valence-electron chi connectivity index (χ1n) is 11.4. The molecule has 0 aliphatic rings. The maximum Gasteiger partial charge on any atom is 0.237 e. The number of methoxy groups -OCH3 is 1. The number of carbonyl (C=O) groups excluding carboxylic acids is 1. The average Bonchev–Trinajstić information content (AvgIpc) is 3.32. The van der Waals surface area contributed by atoms with Crippen molar-refractivity contribution >= 4 is 23.4 Å². The van der Waals surface area contributed by atoms with Crippen molar-refractivity contribution < 1.29 is 14.3 Å². The van der Waals surface area contributed by atoms with Crippen molar-refractivity contribution in [2.45, 2.75) is 36.8 Å². The molecule has 1 amide bonds. The molecule has 1 heterocycles. The maximum absolute atomic E-state index is 13.0. The standard InChI is InChI=1S/C27H28N4O3S/c1-4-24(26(32)28-20-11-7-5-8-12-20)35-27-30-29-25(31(27)21-13-9-6-10-14-21)19(2)34-23-17-15-22(33-3)16-18-23/h5-19,24H,4H2,1-3H3,(H,28,32). The smallest absolute Gasteiger partial charge is 0.237 e. The number of anilines is 1. The minimum Gasteiger partial charge on any atom is -0.497 e. The number of amides is 1. The van der Waals surface area contributed by atoms with Gasteiger partial charge in [-0.3, -0.25) is 9.36 Å². The number of carbonyl (C=O) groups is 1. The molecule has 0 saturated carbocycles. The zero-order chi connectivity index (χ0) is 24.6. The van der Waals surface area contributed by atoms with E-state index in [-0.39, 0.29) is 17.3 Å². The molecule has 0 fully saturated rings. The maximum atomic E-state index is 13.0. The molecule has 4 rings (SSSR count). The van der Waals surface area contributed by atoms with Crippen LogP contribution in [0.15, 0.2) is 90.1 Å². The van der Waals surface area contributed by atoms with E-state index >= 15 is 0 Å². The van der Waals surface area contributed by atoms with Gasteiger partial charge in [0.05, 0.1) is 12.4 Å². The van der Waals surface area contributed by atoms with Crippen molar-refractivity contribution in [3.8, 4) is 17.2 Å².